The number of thiophene rings is 1. The Bertz CT molecular complexity index is 702. The Morgan fingerprint density at radius 3 is 2.64 bits per heavy atom. The normalized spacial score (nSPS) is 13.4. The highest BCUT2D eigenvalue weighted by Gasteiger charge is 2.32. The van der Waals surface area contributed by atoms with Gasteiger partial charge in [0.1, 0.15) is 6.54 Å². The molecule has 0 aliphatic carbocycles. The minimum absolute atomic E-state index is 0.0208. The average molecular weight is 312 g/mol. The second-order valence-corrected chi connectivity index (χ2v) is 6.05. The SMILES string of the molecule is C=C1c2ccccc2C(=O)N1CC(=O)N(C)Cc1ccsc1. The molecule has 1 aromatic heterocycles. The number of fused-ring (bicyclic) bond motifs is 1. The van der Waals surface area contributed by atoms with Crippen molar-refractivity contribution >= 4 is 28.8 Å². The molecule has 0 saturated heterocycles. The minimum atomic E-state index is -0.155. The molecular weight excluding hydrogens is 296 g/mol. The number of likely N-dealkylation sites (N-methyl/N-ethyl adjacent to an activating group) is 1. The molecule has 0 unspecified atom stereocenters. The van der Waals surface area contributed by atoms with Gasteiger partial charge in [0, 0.05) is 30.4 Å². The van der Waals surface area contributed by atoms with Crippen molar-refractivity contribution in [1.82, 2.24) is 9.80 Å². The summed E-state index contributed by atoms with van der Waals surface area (Å²) in [6.45, 7) is 4.52. The standard InChI is InChI=1S/C17H16N2O2S/c1-12-14-5-3-4-6-15(14)17(21)19(12)10-16(20)18(2)9-13-7-8-22-11-13/h3-8,11H,1,9-10H2,2H3. The molecule has 0 atom stereocenters. The van der Waals surface area contributed by atoms with E-state index in [2.05, 4.69) is 6.58 Å². The summed E-state index contributed by atoms with van der Waals surface area (Å²) < 4.78 is 0. The molecular formula is C17H16N2O2S. The third kappa shape index (κ3) is 2.55. The smallest absolute Gasteiger partial charge is 0.259 e. The third-order valence-electron chi connectivity index (χ3n) is 3.76. The highest BCUT2D eigenvalue weighted by Crippen LogP contribution is 2.30. The topological polar surface area (TPSA) is 40.6 Å². The second-order valence-electron chi connectivity index (χ2n) is 5.26. The van der Waals surface area contributed by atoms with E-state index in [-0.39, 0.29) is 18.4 Å². The maximum Gasteiger partial charge on any atom is 0.259 e. The van der Waals surface area contributed by atoms with Crippen LogP contribution in [0.5, 0.6) is 0 Å². The van der Waals surface area contributed by atoms with Crippen LogP contribution < -0.4 is 0 Å². The number of hydrogen-bond donors (Lipinski definition) is 0. The molecule has 112 valence electrons. The van der Waals surface area contributed by atoms with Crippen molar-refractivity contribution in [1.29, 1.82) is 0 Å². The van der Waals surface area contributed by atoms with Crippen LogP contribution in [-0.4, -0.2) is 35.2 Å². The van der Waals surface area contributed by atoms with Crippen molar-refractivity contribution in [2.75, 3.05) is 13.6 Å². The van der Waals surface area contributed by atoms with Crippen LogP contribution in [0.1, 0.15) is 21.5 Å². The molecule has 1 aliphatic rings. The Morgan fingerprint density at radius 2 is 2.00 bits per heavy atom. The number of hydrogen-bond acceptors (Lipinski definition) is 3. The zero-order valence-corrected chi connectivity index (χ0v) is 13.1. The molecule has 1 aromatic carbocycles. The van der Waals surface area contributed by atoms with Gasteiger partial charge < -0.3 is 4.90 Å². The van der Waals surface area contributed by atoms with Gasteiger partial charge in [-0.15, -0.1) is 0 Å². The Morgan fingerprint density at radius 1 is 1.27 bits per heavy atom. The predicted molar refractivity (Wildman–Crippen MR) is 87.3 cm³/mol. The molecule has 0 spiro atoms. The monoisotopic (exact) mass is 312 g/mol. The summed E-state index contributed by atoms with van der Waals surface area (Å²) >= 11 is 1.60. The van der Waals surface area contributed by atoms with Crippen molar-refractivity contribution in [3.8, 4) is 0 Å². The third-order valence-corrected chi connectivity index (χ3v) is 4.49. The number of nitrogens with zero attached hydrogens (tertiary/aromatic N) is 2. The largest absolute Gasteiger partial charge is 0.340 e. The molecule has 2 aromatic rings. The number of amides is 2. The fraction of sp³-hybridized carbons (Fsp3) is 0.176. The number of rotatable bonds is 4. The quantitative estimate of drug-likeness (QED) is 0.871. The Balaban J connectivity index is 1.70. The van der Waals surface area contributed by atoms with E-state index in [9.17, 15) is 9.59 Å². The van der Waals surface area contributed by atoms with E-state index in [1.165, 1.54) is 4.90 Å². The highest BCUT2D eigenvalue weighted by atomic mass is 32.1. The number of benzene rings is 1. The Hall–Kier alpha value is -2.40. The Labute approximate surface area is 133 Å². The summed E-state index contributed by atoms with van der Waals surface area (Å²) in [5.74, 6) is -0.258. The first-order valence-corrected chi connectivity index (χ1v) is 7.87. The van der Waals surface area contributed by atoms with Gasteiger partial charge in [-0.1, -0.05) is 24.8 Å². The van der Waals surface area contributed by atoms with Gasteiger partial charge in [-0.05, 0) is 28.5 Å². The van der Waals surface area contributed by atoms with Crippen LogP contribution in [0.15, 0.2) is 47.7 Å². The van der Waals surface area contributed by atoms with Crippen LogP contribution in [0.3, 0.4) is 0 Å². The highest BCUT2D eigenvalue weighted by molar-refractivity contribution is 7.07. The number of carbonyl (C=O) groups excluding carboxylic acids is 2. The van der Waals surface area contributed by atoms with Gasteiger partial charge in [0.05, 0.1) is 0 Å². The summed E-state index contributed by atoms with van der Waals surface area (Å²) in [5, 5.41) is 4.00. The average Bonchev–Trinajstić information content (AvgIpc) is 3.10. The van der Waals surface area contributed by atoms with Crippen molar-refractivity contribution < 1.29 is 9.59 Å². The molecule has 1 aliphatic heterocycles. The van der Waals surface area contributed by atoms with Crippen molar-refractivity contribution in [3.63, 3.8) is 0 Å². The summed E-state index contributed by atoms with van der Waals surface area (Å²) in [7, 11) is 1.75. The fourth-order valence-electron chi connectivity index (χ4n) is 2.50. The van der Waals surface area contributed by atoms with E-state index in [0.29, 0.717) is 17.8 Å². The van der Waals surface area contributed by atoms with Gasteiger partial charge in [0.15, 0.2) is 0 Å². The molecule has 22 heavy (non-hydrogen) atoms. The van der Waals surface area contributed by atoms with Gasteiger partial charge in [0.2, 0.25) is 5.91 Å². The lowest BCUT2D eigenvalue weighted by atomic mass is 10.1. The first kappa shape index (κ1) is 14.5. The van der Waals surface area contributed by atoms with Crippen molar-refractivity contribution in [2.45, 2.75) is 6.54 Å². The minimum Gasteiger partial charge on any atom is -0.340 e. The van der Waals surface area contributed by atoms with Gasteiger partial charge in [0.25, 0.3) is 5.91 Å². The van der Waals surface area contributed by atoms with Crippen molar-refractivity contribution in [3.05, 3.63) is 64.4 Å². The van der Waals surface area contributed by atoms with Crippen LogP contribution >= 0.6 is 11.3 Å². The van der Waals surface area contributed by atoms with Gasteiger partial charge in [-0.25, -0.2) is 0 Å². The zero-order valence-electron chi connectivity index (χ0n) is 12.3. The Kier molecular flexibility index (Phi) is 3.81. The number of carbonyl (C=O) groups is 2. The molecule has 0 saturated carbocycles. The summed E-state index contributed by atoms with van der Waals surface area (Å²) in [4.78, 5) is 27.8. The lowest BCUT2D eigenvalue weighted by molar-refractivity contribution is -0.130. The second kappa shape index (κ2) is 5.77. The van der Waals surface area contributed by atoms with E-state index in [1.54, 1.807) is 29.4 Å². The van der Waals surface area contributed by atoms with E-state index in [1.807, 2.05) is 35.0 Å². The molecule has 0 N–H and O–H groups in total. The van der Waals surface area contributed by atoms with Crippen LogP contribution in [0.25, 0.3) is 5.70 Å². The van der Waals surface area contributed by atoms with Crippen LogP contribution in [-0.2, 0) is 11.3 Å². The molecule has 5 heteroatoms. The maximum absolute atomic E-state index is 12.4. The van der Waals surface area contributed by atoms with Crippen molar-refractivity contribution in [2.24, 2.45) is 0 Å². The van der Waals surface area contributed by atoms with E-state index in [4.69, 9.17) is 0 Å². The summed E-state index contributed by atoms with van der Waals surface area (Å²) in [6.07, 6.45) is 0. The van der Waals surface area contributed by atoms with Crippen LogP contribution in [0.4, 0.5) is 0 Å². The molecule has 3 rings (SSSR count). The van der Waals surface area contributed by atoms with Gasteiger partial charge in [-0.2, -0.15) is 11.3 Å². The summed E-state index contributed by atoms with van der Waals surface area (Å²) in [6, 6.07) is 9.30. The molecule has 0 radical (unpaired) electrons. The first-order valence-electron chi connectivity index (χ1n) is 6.93. The lowest BCUT2D eigenvalue weighted by Crippen LogP contribution is -2.37. The molecule has 2 heterocycles. The van der Waals surface area contributed by atoms with Crippen LogP contribution in [0.2, 0.25) is 0 Å². The molecule has 4 nitrogen and oxygen atoms in total. The molecule has 0 fully saturated rings. The summed E-state index contributed by atoms with van der Waals surface area (Å²) in [5.41, 5.74) is 3.11. The van der Waals surface area contributed by atoms with E-state index < -0.39 is 0 Å². The zero-order chi connectivity index (χ0) is 15.7. The fourth-order valence-corrected chi connectivity index (χ4v) is 3.16. The van der Waals surface area contributed by atoms with E-state index in [0.717, 1.165) is 11.1 Å². The predicted octanol–water partition coefficient (Wildman–Crippen LogP) is 2.83. The van der Waals surface area contributed by atoms with Gasteiger partial charge in [-0.3, -0.25) is 14.5 Å². The molecule has 2 amide bonds. The maximum atomic E-state index is 12.4. The van der Waals surface area contributed by atoms with Gasteiger partial charge >= 0.3 is 0 Å². The first-order chi connectivity index (χ1) is 10.6. The van der Waals surface area contributed by atoms with E-state index >= 15 is 0 Å². The molecule has 0 bridgehead atoms. The lowest BCUT2D eigenvalue weighted by Gasteiger charge is -2.22. The van der Waals surface area contributed by atoms with Crippen LogP contribution in [0, 0.1) is 0 Å².